The van der Waals surface area contributed by atoms with Crippen molar-refractivity contribution >= 4 is 21.8 Å². The summed E-state index contributed by atoms with van der Waals surface area (Å²) in [5.74, 6) is 0.375. The van der Waals surface area contributed by atoms with Gasteiger partial charge in [0.15, 0.2) is 11.5 Å². The van der Waals surface area contributed by atoms with Crippen LogP contribution in [0.5, 0.6) is 0 Å². The molecule has 1 amide bonds. The second-order valence-electron chi connectivity index (χ2n) is 5.40. The van der Waals surface area contributed by atoms with E-state index in [9.17, 15) is 18.0 Å². The third-order valence-corrected chi connectivity index (χ3v) is 4.31. The highest BCUT2D eigenvalue weighted by Crippen LogP contribution is 2.34. The van der Waals surface area contributed by atoms with E-state index in [1.807, 2.05) is 0 Å². The lowest BCUT2D eigenvalue weighted by Gasteiger charge is -2.06. The number of benzene rings is 1. The van der Waals surface area contributed by atoms with E-state index < -0.39 is 11.7 Å². The Morgan fingerprint density at radius 1 is 1.30 bits per heavy atom. The summed E-state index contributed by atoms with van der Waals surface area (Å²) < 4.78 is 43.1. The van der Waals surface area contributed by atoms with E-state index in [1.54, 1.807) is 0 Å². The first-order valence-corrected chi connectivity index (χ1v) is 7.76. The van der Waals surface area contributed by atoms with Gasteiger partial charge < -0.3 is 9.84 Å². The molecule has 122 valence electrons. The Bertz CT molecular complexity index is 721. The van der Waals surface area contributed by atoms with Gasteiger partial charge in [-0.25, -0.2) is 0 Å². The van der Waals surface area contributed by atoms with Gasteiger partial charge in [0.25, 0.3) is 5.91 Å². The molecule has 1 aromatic heterocycles. The lowest BCUT2D eigenvalue weighted by molar-refractivity contribution is -0.137. The molecule has 1 fully saturated rings. The second-order valence-corrected chi connectivity index (χ2v) is 6.20. The van der Waals surface area contributed by atoms with Crippen LogP contribution in [0.25, 0.3) is 11.3 Å². The van der Waals surface area contributed by atoms with Crippen molar-refractivity contribution in [3.05, 3.63) is 40.0 Å². The molecule has 3 rings (SSSR count). The summed E-state index contributed by atoms with van der Waals surface area (Å²) in [5, 5.41) is 6.46. The largest absolute Gasteiger partial charge is 0.416 e. The maximum atomic E-state index is 12.6. The van der Waals surface area contributed by atoms with Crippen LogP contribution in [0.2, 0.25) is 0 Å². The third kappa shape index (κ3) is 3.57. The normalized spacial score (nSPS) is 14.8. The average Bonchev–Trinajstić information content (AvgIpc) is 3.25. The first-order valence-electron chi connectivity index (χ1n) is 6.97. The number of halogens is 4. The molecule has 0 saturated heterocycles. The fourth-order valence-electron chi connectivity index (χ4n) is 2.05. The minimum absolute atomic E-state index is 0.0838. The molecule has 1 heterocycles. The van der Waals surface area contributed by atoms with Gasteiger partial charge in [-0.1, -0.05) is 17.3 Å². The summed E-state index contributed by atoms with van der Waals surface area (Å²) in [5.41, 5.74) is -0.265. The summed E-state index contributed by atoms with van der Waals surface area (Å²) in [7, 11) is 0. The van der Waals surface area contributed by atoms with Gasteiger partial charge in [0.1, 0.15) is 0 Å². The topological polar surface area (TPSA) is 55.1 Å². The van der Waals surface area contributed by atoms with E-state index in [2.05, 4.69) is 26.4 Å². The van der Waals surface area contributed by atoms with Gasteiger partial charge in [-0.15, -0.1) is 0 Å². The quantitative estimate of drug-likeness (QED) is 0.850. The number of nitrogens with one attached hydrogen (secondary N) is 1. The fourth-order valence-corrected chi connectivity index (χ4v) is 2.61. The van der Waals surface area contributed by atoms with Crippen molar-refractivity contribution in [1.82, 2.24) is 10.5 Å². The Labute approximate surface area is 138 Å². The lowest BCUT2D eigenvalue weighted by Crippen LogP contribution is -2.26. The zero-order valence-corrected chi connectivity index (χ0v) is 13.4. The van der Waals surface area contributed by atoms with Gasteiger partial charge in [0.05, 0.1) is 10.0 Å². The molecule has 8 heteroatoms. The van der Waals surface area contributed by atoms with Crippen LogP contribution in [0, 0.1) is 5.92 Å². The maximum absolute atomic E-state index is 12.6. The van der Waals surface area contributed by atoms with Crippen molar-refractivity contribution in [1.29, 1.82) is 0 Å². The molecule has 0 unspecified atom stereocenters. The molecule has 1 N–H and O–H groups in total. The maximum Gasteiger partial charge on any atom is 0.416 e. The number of carbonyl (C=O) groups is 1. The van der Waals surface area contributed by atoms with E-state index in [1.165, 1.54) is 12.1 Å². The molecule has 0 spiro atoms. The highest BCUT2D eigenvalue weighted by Gasteiger charge is 2.30. The number of aromatic nitrogens is 1. The molecule has 1 saturated carbocycles. The van der Waals surface area contributed by atoms with Crippen LogP contribution >= 0.6 is 15.9 Å². The van der Waals surface area contributed by atoms with Crippen molar-refractivity contribution in [2.75, 3.05) is 6.54 Å². The molecule has 1 aliphatic carbocycles. The highest BCUT2D eigenvalue weighted by atomic mass is 79.9. The Morgan fingerprint density at radius 2 is 1.96 bits per heavy atom. The fraction of sp³-hybridized carbons (Fsp3) is 0.333. The monoisotopic (exact) mass is 388 g/mol. The van der Waals surface area contributed by atoms with Crippen LogP contribution in [0.15, 0.2) is 33.3 Å². The van der Waals surface area contributed by atoms with Crippen LogP contribution in [-0.4, -0.2) is 17.6 Å². The molecule has 0 aliphatic heterocycles. The van der Waals surface area contributed by atoms with E-state index >= 15 is 0 Å². The van der Waals surface area contributed by atoms with E-state index in [0.29, 0.717) is 22.5 Å². The molecule has 1 aliphatic rings. The van der Waals surface area contributed by atoms with Crippen LogP contribution in [-0.2, 0) is 6.18 Å². The van der Waals surface area contributed by atoms with Gasteiger partial charge in [0.2, 0.25) is 0 Å². The summed E-state index contributed by atoms with van der Waals surface area (Å²) in [6.07, 6.45) is -2.18. The first-order chi connectivity index (χ1) is 10.9. The number of alkyl halides is 3. The third-order valence-electron chi connectivity index (χ3n) is 3.57. The van der Waals surface area contributed by atoms with E-state index in [4.69, 9.17) is 4.52 Å². The van der Waals surface area contributed by atoms with Gasteiger partial charge in [-0.3, -0.25) is 4.79 Å². The molecule has 1 aromatic carbocycles. The van der Waals surface area contributed by atoms with Gasteiger partial charge in [0, 0.05) is 12.1 Å². The van der Waals surface area contributed by atoms with Crippen LogP contribution < -0.4 is 5.32 Å². The predicted molar refractivity (Wildman–Crippen MR) is 79.7 cm³/mol. The summed E-state index contributed by atoms with van der Waals surface area (Å²) >= 11 is 3.23. The summed E-state index contributed by atoms with van der Waals surface area (Å²) in [4.78, 5) is 12.0. The molecule has 0 radical (unpaired) electrons. The average molecular weight is 389 g/mol. The highest BCUT2D eigenvalue weighted by molar-refractivity contribution is 9.10. The number of hydrogen-bond donors (Lipinski definition) is 1. The van der Waals surface area contributed by atoms with Gasteiger partial charge in [-0.2, -0.15) is 13.2 Å². The van der Waals surface area contributed by atoms with Crippen LogP contribution in [0.4, 0.5) is 13.2 Å². The Kier molecular flexibility index (Phi) is 4.18. The number of nitrogens with zero attached hydrogens (tertiary/aromatic N) is 1. The standard InChI is InChI=1S/C15H12BrF3N2O2/c16-11-12(14(22)20-7-8-1-2-8)21-23-13(11)9-3-5-10(6-4-9)15(17,18)19/h3-6,8H,1-2,7H2,(H,20,22). The van der Waals surface area contributed by atoms with Crippen molar-refractivity contribution in [3.8, 4) is 11.3 Å². The Balaban J connectivity index is 1.79. The van der Waals surface area contributed by atoms with Gasteiger partial charge >= 0.3 is 6.18 Å². The van der Waals surface area contributed by atoms with E-state index in [-0.39, 0.29) is 17.4 Å². The molecule has 4 nitrogen and oxygen atoms in total. The SMILES string of the molecule is O=C(NCC1CC1)c1noc(-c2ccc(C(F)(F)F)cc2)c1Br. The summed E-state index contributed by atoms with van der Waals surface area (Å²) in [6.45, 7) is 0.591. The molecule has 2 aromatic rings. The van der Waals surface area contributed by atoms with Crippen molar-refractivity contribution < 1.29 is 22.5 Å². The zero-order chi connectivity index (χ0) is 16.6. The lowest BCUT2D eigenvalue weighted by atomic mass is 10.1. The second kappa shape index (κ2) is 5.99. The smallest absolute Gasteiger partial charge is 0.354 e. The first kappa shape index (κ1) is 16.0. The number of amides is 1. The predicted octanol–water partition coefficient (Wildman–Crippen LogP) is 4.26. The Hall–Kier alpha value is -1.83. The number of rotatable bonds is 4. The van der Waals surface area contributed by atoms with Crippen molar-refractivity contribution in [2.24, 2.45) is 5.92 Å². The molecule has 0 atom stereocenters. The van der Waals surface area contributed by atoms with Crippen molar-refractivity contribution in [3.63, 3.8) is 0 Å². The molecule has 0 bridgehead atoms. The van der Waals surface area contributed by atoms with Crippen molar-refractivity contribution in [2.45, 2.75) is 19.0 Å². The molecular weight excluding hydrogens is 377 g/mol. The minimum atomic E-state index is -4.40. The van der Waals surface area contributed by atoms with Gasteiger partial charge in [-0.05, 0) is 46.8 Å². The van der Waals surface area contributed by atoms with Crippen LogP contribution in [0.3, 0.4) is 0 Å². The molecule has 23 heavy (non-hydrogen) atoms. The number of carbonyl (C=O) groups excluding carboxylic acids is 1. The zero-order valence-electron chi connectivity index (χ0n) is 11.8. The minimum Gasteiger partial charge on any atom is -0.354 e. The molecular formula is C15H12BrF3N2O2. The van der Waals surface area contributed by atoms with E-state index in [0.717, 1.165) is 25.0 Å². The summed E-state index contributed by atoms with van der Waals surface area (Å²) in [6, 6.07) is 4.47. The van der Waals surface area contributed by atoms with Crippen LogP contribution in [0.1, 0.15) is 28.9 Å². The number of hydrogen-bond acceptors (Lipinski definition) is 3. The Morgan fingerprint density at radius 3 is 2.52 bits per heavy atom.